The molecule has 24 heavy (non-hydrogen) atoms. The first kappa shape index (κ1) is 15.0. The highest BCUT2D eigenvalue weighted by Gasteiger charge is 2.22. The van der Waals surface area contributed by atoms with Crippen LogP contribution in [-0.2, 0) is 0 Å². The number of fused-ring (bicyclic) bond motifs is 2. The zero-order valence-electron chi connectivity index (χ0n) is 12.6. The topological polar surface area (TPSA) is 108 Å². The first-order valence-corrected chi connectivity index (χ1v) is 9.05. The van der Waals surface area contributed by atoms with E-state index in [1.165, 1.54) is 23.1 Å². The molecule has 4 N–H and O–H groups in total. The second-order valence-electron chi connectivity index (χ2n) is 5.10. The van der Waals surface area contributed by atoms with Gasteiger partial charge in [-0.15, -0.1) is 11.3 Å². The number of nitrogens with zero attached hydrogens (tertiary/aromatic N) is 2. The molecule has 1 aromatic carbocycles. The average molecular weight is 356 g/mol. The minimum atomic E-state index is -0.572. The number of thioether (sulfide) groups is 1. The maximum absolute atomic E-state index is 11.6. The molecular formula is C16H12N4O2S2. The van der Waals surface area contributed by atoms with Crippen LogP contribution in [0.25, 0.3) is 32.6 Å². The average Bonchev–Trinajstić information content (AvgIpc) is 3.15. The number of thiophene rings is 1. The van der Waals surface area contributed by atoms with Crippen molar-refractivity contribution in [1.82, 2.24) is 9.97 Å². The van der Waals surface area contributed by atoms with Crippen LogP contribution < -0.4 is 11.5 Å². The molecule has 0 radical (unpaired) electrons. The largest absolute Gasteiger partial charge is 0.454 e. The number of benzene rings is 1. The van der Waals surface area contributed by atoms with Crippen LogP contribution in [0, 0.1) is 0 Å². The first-order chi connectivity index (χ1) is 11.6. The molecule has 1 amide bonds. The molecule has 0 fully saturated rings. The zero-order valence-corrected chi connectivity index (χ0v) is 14.2. The summed E-state index contributed by atoms with van der Waals surface area (Å²) in [5.74, 6) is 0.0103. The lowest BCUT2D eigenvalue weighted by Crippen LogP contribution is -2.10. The molecule has 8 heteroatoms. The number of anilines is 1. The third kappa shape index (κ3) is 2.22. The van der Waals surface area contributed by atoms with Gasteiger partial charge in [0.25, 0.3) is 5.91 Å². The molecule has 0 unspecified atom stereocenters. The maximum atomic E-state index is 11.6. The van der Waals surface area contributed by atoms with Crippen molar-refractivity contribution < 1.29 is 9.21 Å². The normalized spacial score (nSPS) is 11.4. The third-order valence-electron chi connectivity index (χ3n) is 3.63. The van der Waals surface area contributed by atoms with Gasteiger partial charge in [-0.3, -0.25) is 4.79 Å². The fraction of sp³-hybridized carbons (Fsp3) is 0.0625. The number of carbonyl (C=O) groups is 1. The molecule has 3 aromatic heterocycles. The van der Waals surface area contributed by atoms with E-state index in [0.29, 0.717) is 32.5 Å². The van der Waals surface area contributed by atoms with Gasteiger partial charge in [0.15, 0.2) is 10.9 Å². The number of furan rings is 1. The number of nitrogens with two attached hydrogens (primary N) is 2. The highest BCUT2D eigenvalue weighted by Crippen LogP contribution is 2.40. The number of primary amides is 1. The fourth-order valence-corrected chi connectivity index (χ4v) is 3.92. The highest BCUT2D eigenvalue weighted by atomic mass is 32.2. The van der Waals surface area contributed by atoms with Crippen LogP contribution in [0.3, 0.4) is 0 Å². The van der Waals surface area contributed by atoms with Crippen LogP contribution in [0.4, 0.5) is 5.69 Å². The van der Waals surface area contributed by atoms with Crippen molar-refractivity contribution in [3.63, 3.8) is 0 Å². The van der Waals surface area contributed by atoms with Gasteiger partial charge in [-0.1, -0.05) is 30.0 Å². The van der Waals surface area contributed by atoms with E-state index >= 15 is 0 Å². The first-order valence-electron chi connectivity index (χ1n) is 7.01. The van der Waals surface area contributed by atoms with Crippen molar-refractivity contribution in [2.24, 2.45) is 5.73 Å². The summed E-state index contributed by atoms with van der Waals surface area (Å²) >= 11 is 2.58. The van der Waals surface area contributed by atoms with E-state index in [4.69, 9.17) is 15.9 Å². The number of rotatable bonds is 3. The van der Waals surface area contributed by atoms with Crippen LogP contribution >= 0.6 is 23.1 Å². The van der Waals surface area contributed by atoms with Gasteiger partial charge in [-0.2, -0.15) is 0 Å². The molecule has 0 saturated heterocycles. The summed E-state index contributed by atoms with van der Waals surface area (Å²) in [7, 11) is 0. The van der Waals surface area contributed by atoms with Crippen LogP contribution in [0.1, 0.15) is 9.67 Å². The lowest BCUT2D eigenvalue weighted by molar-refractivity contribution is 0.100. The Morgan fingerprint density at radius 1 is 1.29 bits per heavy atom. The molecule has 0 aliphatic heterocycles. The zero-order chi connectivity index (χ0) is 16.8. The minimum absolute atomic E-state index is 0.287. The summed E-state index contributed by atoms with van der Waals surface area (Å²) in [6.07, 6.45) is 1.88. The van der Waals surface area contributed by atoms with E-state index in [1.807, 2.05) is 36.6 Å². The predicted octanol–water partition coefficient (Wildman–Crippen LogP) is 3.51. The Kier molecular flexibility index (Phi) is 3.43. The van der Waals surface area contributed by atoms with Crippen molar-refractivity contribution in [3.05, 3.63) is 35.2 Å². The van der Waals surface area contributed by atoms with Crippen LogP contribution in [0.2, 0.25) is 0 Å². The number of hydrogen-bond acceptors (Lipinski definition) is 7. The van der Waals surface area contributed by atoms with E-state index in [1.54, 1.807) is 0 Å². The standard InChI is InChI=1S/C16H12N4O2S2/c1-23-16-19-12(9-6-7-4-2-3-5-8(7)22-9)10-11(17)13(14(18)21)24-15(10)20-16/h2-6H,17H2,1H3,(H2,18,21). The number of aromatic nitrogens is 2. The minimum Gasteiger partial charge on any atom is -0.454 e. The summed E-state index contributed by atoms with van der Waals surface area (Å²) in [5.41, 5.74) is 13.2. The van der Waals surface area contributed by atoms with Crippen molar-refractivity contribution in [2.75, 3.05) is 12.0 Å². The van der Waals surface area contributed by atoms with E-state index in [9.17, 15) is 4.79 Å². The summed E-state index contributed by atoms with van der Waals surface area (Å²) in [6, 6.07) is 9.60. The van der Waals surface area contributed by atoms with Gasteiger partial charge in [-0.05, 0) is 18.4 Å². The van der Waals surface area contributed by atoms with Gasteiger partial charge in [0.2, 0.25) is 0 Å². The smallest absolute Gasteiger partial charge is 0.260 e. The number of nitrogen functional groups attached to an aromatic ring is 1. The molecule has 6 nitrogen and oxygen atoms in total. The summed E-state index contributed by atoms with van der Waals surface area (Å²) in [4.78, 5) is 21.5. The van der Waals surface area contributed by atoms with E-state index in [-0.39, 0.29) is 4.88 Å². The molecule has 0 bridgehead atoms. The maximum Gasteiger partial charge on any atom is 0.260 e. The van der Waals surface area contributed by atoms with E-state index < -0.39 is 5.91 Å². The quantitative estimate of drug-likeness (QED) is 0.429. The summed E-state index contributed by atoms with van der Waals surface area (Å²) < 4.78 is 5.92. The molecule has 4 aromatic rings. The van der Waals surface area contributed by atoms with Crippen molar-refractivity contribution in [1.29, 1.82) is 0 Å². The Bertz CT molecular complexity index is 1070. The molecule has 0 spiro atoms. The Morgan fingerprint density at radius 2 is 2.08 bits per heavy atom. The Labute approximate surface area is 144 Å². The molecule has 0 aliphatic rings. The van der Waals surface area contributed by atoms with Gasteiger partial charge in [0.1, 0.15) is 21.0 Å². The Morgan fingerprint density at radius 3 is 2.79 bits per heavy atom. The lowest BCUT2D eigenvalue weighted by Gasteiger charge is -2.03. The van der Waals surface area contributed by atoms with Gasteiger partial charge in [-0.25, -0.2) is 9.97 Å². The van der Waals surface area contributed by atoms with Crippen molar-refractivity contribution in [2.45, 2.75) is 5.16 Å². The Hall–Kier alpha value is -2.58. The molecular weight excluding hydrogens is 344 g/mol. The highest BCUT2D eigenvalue weighted by molar-refractivity contribution is 7.98. The predicted molar refractivity (Wildman–Crippen MR) is 97.3 cm³/mol. The van der Waals surface area contributed by atoms with Crippen molar-refractivity contribution >= 4 is 55.9 Å². The number of para-hydroxylation sites is 1. The monoisotopic (exact) mass is 356 g/mol. The van der Waals surface area contributed by atoms with Gasteiger partial charge < -0.3 is 15.9 Å². The van der Waals surface area contributed by atoms with Gasteiger partial charge in [0, 0.05) is 5.39 Å². The van der Waals surface area contributed by atoms with Crippen LogP contribution in [-0.4, -0.2) is 22.1 Å². The summed E-state index contributed by atoms with van der Waals surface area (Å²) in [5, 5.41) is 2.15. The van der Waals surface area contributed by atoms with E-state index in [2.05, 4.69) is 9.97 Å². The number of hydrogen-bond donors (Lipinski definition) is 2. The number of carbonyl (C=O) groups excluding carboxylic acids is 1. The third-order valence-corrected chi connectivity index (χ3v) is 5.29. The molecule has 120 valence electrons. The second-order valence-corrected chi connectivity index (χ2v) is 6.87. The molecule has 0 saturated carbocycles. The molecule has 3 heterocycles. The molecule has 4 rings (SSSR count). The fourth-order valence-electron chi connectivity index (χ4n) is 2.55. The Balaban J connectivity index is 2.07. The van der Waals surface area contributed by atoms with Crippen molar-refractivity contribution in [3.8, 4) is 11.5 Å². The lowest BCUT2D eigenvalue weighted by atomic mass is 10.2. The van der Waals surface area contributed by atoms with Gasteiger partial charge in [0.05, 0.1) is 11.1 Å². The van der Waals surface area contributed by atoms with Gasteiger partial charge >= 0.3 is 0 Å². The second kappa shape index (κ2) is 5.50. The van der Waals surface area contributed by atoms with Crippen LogP contribution in [0.5, 0.6) is 0 Å². The molecule has 0 atom stereocenters. The summed E-state index contributed by atoms with van der Waals surface area (Å²) in [6.45, 7) is 0. The van der Waals surface area contributed by atoms with Crippen LogP contribution in [0.15, 0.2) is 39.9 Å². The molecule has 0 aliphatic carbocycles. The number of amides is 1. The van der Waals surface area contributed by atoms with E-state index in [0.717, 1.165) is 11.0 Å². The SMILES string of the molecule is CSc1nc(-c2cc3ccccc3o2)c2c(N)c(C(N)=O)sc2n1.